The molecule has 7 heavy (non-hydrogen) atoms. The maximum Gasteiger partial charge on any atom is -0.0386 e. The van der Waals surface area contributed by atoms with Crippen LogP contribution in [0.2, 0.25) is 0 Å². The van der Waals surface area contributed by atoms with Crippen molar-refractivity contribution in [3.05, 3.63) is 0 Å². The average molecular weight is 99.2 g/mol. The van der Waals surface area contributed by atoms with Gasteiger partial charge in [-0.3, -0.25) is 0 Å². The molecule has 0 saturated heterocycles. The van der Waals surface area contributed by atoms with E-state index in [0.717, 1.165) is 0 Å². The van der Waals surface area contributed by atoms with Crippen LogP contribution in [0.5, 0.6) is 0 Å². The normalized spacial score (nSPS) is 29.1. The Bertz CT molecular complexity index is 52.6. The zero-order valence-electron chi connectivity index (χ0n) is 4.69. The Morgan fingerprint density at radius 2 is 1.00 bits per heavy atom. The zero-order valence-corrected chi connectivity index (χ0v) is 4.69. The van der Waals surface area contributed by atoms with E-state index in [4.69, 9.17) is 0 Å². The highest BCUT2D eigenvalue weighted by Gasteiger charge is 2.37. The van der Waals surface area contributed by atoms with Crippen LogP contribution in [0.4, 0.5) is 0 Å². The molecular weight excluding hydrogens is 86.1 g/mol. The summed E-state index contributed by atoms with van der Waals surface area (Å²) in [6.07, 6.45) is 6.24. The Kier molecular flexibility index (Phi) is 1.08. The maximum atomic E-state index is 1.56. The fourth-order valence-corrected chi connectivity index (χ4v) is 1.14. The van der Waals surface area contributed by atoms with E-state index in [-0.39, 0.29) is 6.15 Å². The minimum Gasteiger partial charge on any atom is -0.344 e. The van der Waals surface area contributed by atoms with Crippen molar-refractivity contribution >= 4 is 0 Å². The van der Waals surface area contributed by atoms with Crippen molar-refractivity contribution in [1.29, 1.82) is 0 Å². The van der Waals surface area contributed by atoms with Gasteiger partial charge >= 0.3 is 0 Å². The average Bonchev–Trinajstić information content (AvgIpc) is 2.26. The first-order valence-electron chi connectivity index (χ1n) is 2.97. The summed E-state index contributed by atoms with van der Waals surface area (Å²) in [5, 5.41) is 0. The largest absolute Gasteiger partial charge is 0.344 e. The molecule has 2 fully saturated rings. The van der Waals surface area contributed by atoms with Crippen LogP contribution in [0.25, 0.3) is 0 Å². The number of hydrogen-bond donors (Lipinski definition) is 1. The van der Waals surface area contributed by atoms with Gasteiger partial charge in [0.1, 0.15) is 0 Å². The molecule has 1 nitrogen and oxygen atoms in total. The van der Waals surface area contributed by atoms with Crippen molar-refractivity contribution in [3.8, 4) is 0 Å². The lowest BCUT2D eigenvalue weighted by atomic mass is 10.3. The monoisotopic (exact) mass is 99.1 g/mol. The van der Waals surface area contributed by atoms with Crippen LogP contribution in [0.15, 0.2) is 0 Å². The van der Waals surface area contributed by atoms with Crippen LogP contribution in [-0.2, 0) is 0 Å². The highest BCUT2D eigenvalue weighted by molar-refractivity contribution is 4.89. The lowest BCUT2D eigenvalue weighted by Gasteiger charge is -1.77. The highest BCUT2D eigenvalue weighted by Crippen LogP contribution is 2.49. The lowest BCUT2D eigenvalue weighted by Crippen LogP contribution is -1.70. The quantitative estimate of drug-likeness (QED) is 0.536. The van der Waals surface area contributed by atoms with Gasteiger partial charge in [0.2, 0.25) is 0 Å². The van der Waals surface area contributed by atoms with Crippen molar-refractivity contribution in [2.24, 2.45) is 11.8 Å². The van der Waals surface area contributed by atoms with Crippen molar-refractivity contribution in [1.82, 2.24) is 6.15 Å². The van der Waals surface area contributed by atoms with E-state index >= 15 is 0 Å². The van der Waals surface area contributed by atoms with Crippen LogP contribution in [0.3, 0.4) is 0 Å². The molecule has 1 heteroatoms. The Labute approximate surface area is 44.7 Å². The van der Waals surface area contributed by atoms with Gasteiger partial charge in [-0.15, -0.1) is 0 Å². The molecule has 2 rings (SSSR count). The van der Waals surface area contributed by atoms with Gasteiger partial charge < -0.3 is 6.15 Å². The summed E-state index contributed by atoms with van der Waals surface area (Å²) in [5.74, 6) is 2.43. The van der Waals surface area contributed by atoms with E-state index in [0.29, 0.717) is 0 Å². The molecule has 42 valence electrons. The summed E-state index contributed by atoms with van der Waals surface area (Å²) in [6, 6.07) is 0. The summed E-state index contributed by atoms with van der Waals surface area (Å²) < 4.78 is 0. The third-order valence-corrected chi connectivity index (χ3v) is 1.91. The van der Waals surface area contributed by atoms with E-state index in [2.05, 4.69) is 0 Å². The fraction of sp³-hybridized carbons (Fsp3) is 1.00. The van der Waals surface area contributed by atoms with Gasteiger partial charge in [-0.2, -0.15) is 0 Å². The van der Waals surface area contributed by atoms with Gasteiger partial charge in [0.15, 0.2) is 0 Å². The molecule has 0 radical (unpaired) electrons. The smallest absolute Gasteiger partial charge is 0.0386 e. The van der Waals surface area contributed by atoms with E-state index in [1.54, 1.807) is 25.7 Å². The first kappa shape index (κ1) is 5.10. The fourth-order valence-electron chi connectivity index (χ4n) is 1.14. The summed E-state index contributed by atoms with van der Waals surface area (Å²) in [7, 11) is 0. The van der Waals surface area contributed by atoms with Gasteiger partial charge in [-0.05, 0) is 37.5 Å². The molecule has 0 aliphatic heterocycles. The predicted octanol–water partition coefficient (Wildman–Crippen LogP) is 1.97. The third kappa shape index (κ3) is 0.942. The molecule has 0 aromatic rings. The van der Waals surface area contributed by atoms with E-state index in [9.17, 15) is 0 Å². The zero-order chi connectivity index (χ0) is 3.98. The number of hydrogen-bond acceptors (Lipinski definition) is 1. The van der Waals surface area contributed by atoms with Crippen molar-refractivity contribution < 1.29 is 0 Å². The summed E-state index contributed by atoms with van der Waals surface area (Å²) in [4.78, 5) is 0. The van der Waals surface area contributed by atoms with Crippen molar-refractivity contribution in [3.63, 3.8) is 0 Å². The van der Waals surface area contributed by atoms with Crippen molar-refractivity contribution in [2.45, 2.75) is 25.7 Å². The van der Waals surface area contributed by atoms with E-state index < -0.39 is 0 Å². The first-order chi connectivity index (χ1) is 2.97. The number of rotatable bonds is 1. The molecule has 2 aliphatic rings. The lowest BCUT2D eigenvalue weighted by molar-refractivity contribution is 0.716. The van der Waals surface area contributed by atoms with Gasteiger partial charge in [0, 0.05) is 0 Å². The van der Waals surface area contributed by atoms with Gasteiger partial charge in [0.25, 0.3) is 0 Å². The Morgan fingerprint density at radius 1 is 0.714 bits per heavy atom. The standard InChI is InChI=1S/C6H10.H3N/c1-2-5(1)6-3-4-6;/h5-6H,1-4H2;1H3. The molecule has 0 aromatic heterocycles. The molecule has 0 atom stereocenters. The Balaban J connectivity index is 0.000000245. The van der Waals surface area contributed by atoms with Crippen LogP contribution in [0, 0.1) is 11.8 Å². The molecular formula is C6H13N. The van der Waals surface area contributed by atoms with Gasteiger partial charge in [-0.25, -0.2) is 0 Å². The van der Waals surface area contributed by atoms with Gasteiger partial charge in [0.05, 0.1) is 0 Å². The molecule has 0 spiro atoms. The second kappa shape index (κ2) is 1.48. The summed E-state index contributed by atoms with van der Waals surface area (Å²) in [5.41, 5.74) is 0. The molecule has 3 N–H and O–H groups in total. The SMILES string of the molecule is C1CC1C1CC1.N. The topological polar surface area (TPSA) is 35.0 Å². The summed E-state index contributed by atoms with van der Waals surface area (Å²) in [6.45, 7) is 0. The molecule has 0 aromatic carbocycles. The second-order valence-corrected chi connectivity index (χ2v) is 2.67. The molecule has 2 aliphatic carbocycles. The van der Waals surface area contributed by atoms with Crippen LogP contribution in [0.1, 0.15) is 25.7 Å². The minimum atomic E-state index is 0. The van der Waals surface area contributed by atoms with Crippen LogP contribution >= 0.6 is 0 Å². The van der Waals surface area contributed by atoms with Crippen LogP contribution < -0.4 is 6.15 Å². The molecule has 0 heterocycles. The Morgan fingerprint density at radius 3 is 1.14 bits per heavy atom. The van der Waals surface area contributed by atoms with Gasteiger partial charge in [-0.1, -0.05) is 0 Å². The maximum absolute atomic E-state index is 1.56. The molecule has 0 amide bonds. The Hall–Kier alpha value is -0.0400. The van der Waals surface area contributed by atoms with E-state index in [1.807, 2.05) is 0 Å². The highest BCUT2D eigenvalue weighted by atomic mass is 14.4. The molecule has 0 unspecified atom stereocenters. The summed E-state index contributed by atoms with van der Waals surface area (Å²) >= 11 is 0. The third-order valence-electron chi connectivity index (χ3n) is 1.91. The molecule has 2 saturated carbocycles. The first-order valence-corrected chi connectivity index (χ1v) is 2.97. The van der Waals surface area contributed by atoms with E-state index in [1.165, 1.54) is 11.8 Å². The second-order valence-electron chi connectivity index (χ2n) is 2.67. The minimum absolute atomic E-state index is 0. The van der Waals surface area contributed by atoms with Crippen LogP contribution in [-0.4, -0.2) is 0 Å². The molecule has 0 bridgehead atoms. The predicted molar refractivity (Wildman–Crippen MR) is 30.5 cm³/mol. The van der Waals surface area contributed by atoms with Crippen molar-refractivity contribution in [2.75, 3.05) is 0 Å².